The average Bonchev–Trinajstić information content (AvgIpc) is 3.02. The largest absolute Gasteiger partial charge is 0.493 e. The third-order valence-corrected chi connectivity index (χ3v) is 4.32. The van der Waals surface area contributed by atoms with E-state index in [-0.39, 0.29) is 6.17 Å². The summed E-state index contributed by atoms with van der Waals surface area (Å²) >= 11 is 0. The van der Waals surface area contributed by atoms with E-state index in [4.69, 9.17) is 9.47 Å². The second kappa shape index (κ2) is 5.60. The summed E-state index contributed by atoms with van der Waals surface area (Å²) in [5.74, 6) is 1.43. The number of aromatic nitrogens is 2. The molecule has 5 heteroatoms. The predicted molar refractivity (Wildman–Crippen MR) is 93.7 cm³/mol. The van der Waals surface area contributed by atoms with Crippen LogP contribution >= 0.6 is 0 Å². The van der Waals surface area contributed by atoms with E-state index in [2.05, 4.69) is 28.6 Å². The summed E-state index contributed by atoms with van der Waals surface area (Å²) < 4.78 is 12.8. The quantitative estimate of drug-likeness (QED) is 0.796. The number of ether oxygens (including phenoxy) is 2. The number of nitrogens with one attached hydrogen (secondary N) is 1. The molecule has 1 aromatic heterocycles. The molecule has 4 rings (SSSR count). The van der Waals surface area contributed by atoms with Gasteiger partial charge in [0.25, 0.3) is 0 Å². The van der Waals surface area contributed by atoms with Crippen molar-refractivity contribution in [1.82, 2.24) is 9.78 Å². The first-order chi connectivity index (χ1) is 11.7. The lowest BCUT2D eigenvalue weighted by molar-refractivity contribution is 0.354. The molecule has 0 amide bonds. The molecule has 0 fully saturated rings. The van der Waals surface area contributed by atoms with Gasteiger partial charge in [0.2, 0.25) is 0 Å². The van der Waals surface area contributed by atoms with Gasteiger partial charge in [0.05, 0.1) is 25.6 Å². The van der Waals surface area contributed by atoms with Crippen LogP contribution in [0, 0.1) is 6.92 Å². The Hall–Kier alpha value is -2.95. The van der Waals surface area contributed by atoms with Gasteiger partial charge in [0.15, 0.2) is 11.5 Å². The first kappa shape index (κ1) is 14.6. The Morgan fingerprint density at radius 1 is 1.00 bits per heavy atom. The summed E-state index contributed by atoms with van der Waals surface area (Å²) in [4.78, 5) is 0. The SMILES string of the molecule is COc1ccc([C@@H]2Nc3ccccc3-c3cc(C)nn32)cc1OC. The van der Waals surface area contributed by atoms with Crippen LogP contribution in [-0.4, -0.2) is 24.0 Å². The number of hydrogen-bond donors (Lipinski definition) is 1. The summed E-state index contributed by atoms with van der Waals surface area (Å²) in [6, 6.07) is 16.4. The fourth-order valence-electron chi connectivity index (χ4n) is 3.20. The number of anilines is 1. The number of rotatable bonds is 3. The van der Waals surface area contributed by atoms with Gasteiger partial charge in [-0.1, -0.05) is 24.3 Å². The van der Waals surface area contributed by atoms with Crippen molar-refractivity contribution in [3.63, 3.8) is 0 Å². The van der Waals surface area contributed by atoms with Crippen LogP contribution in [0.3, 0.4) is 0 Å². The summed E-state index contributed by atoms with van der Waals surface area (Å²) in [6.45, 7) is 2.01. The van der Waals surface area contributed by atoms with Crippen LogP contribution in [0.15, 0.2) is 48.5 Å². The topological polar surface area (TPSA) is 48.3 Å². The molecule has 2 aromatic carbocycles. The molecule has 3 aromatic rings. The fraction of sp³-hybridized carbons (Fsp3) is 0.211. The lowest BCUT2D eigenvalue weighted by Gasteiger charge is -2.29. The first-order valence-electron chi connectivity index (χ1n) is 7.85. The third-order valence-electron chi connectivity index (χ3n) is 4.32. The molecule has 1 atom stereocenters. The molecule has 0 aliphatic carbocycles. The zero-order chi connectivity index (χ0) is 16.7. The molecule has 122 valence electrons. The summed E-state index contributed by atoms with van der Waals surface area (Å²) in [7, 11) is 3.29. The van der Waals surface area contributed by atoms with Crippen LogP contribution in [0.5, 0.6) is 11.5 Å². The molecule has 0 saturated carbocycles. The summed E-state index contributed by atoms with van der Waals surface area (Å²) in [5, 5.41) is 8.26. The molecular formula is C19H19N3O2. The minimum absolute atomic E-state index is 0.0941. The molecule has 24 heavy (non-hydrogen) atoms. The highest BCUT2D eigenvalue weighted by atomic mass is 16.5. The Labute approximate surface area is 140 Å². The van der Waals surface area contributed by atoms with Crippen LogP contribution < -0.4 is 14.8 Å². The van der Waals surface area contributed by atoms with Gasteiger partial charge in [-0.15, -0.1) is 0 Å². The monoisotopic (exact) mass is 321 g/mol. The van der Waals surface area contributed by atoms with E-state index in [0.29, 0.717) is 11.5 Å². The molecular weight excluding hydrogens is 302 g/mol. The Kier molecular flexibility index (Phi) is 3.41. The zero-order valence-electron chi connectivity index (χ0n) is 13.9. The van der Waals surface area contributed by atoms with Crippen molar-refractivity contribution < 1.29 is 9.47 Å². The van der Waals surface area contributed by atoms with E-state index in [1.54, 1.807) is 14.2 Å². The Morgan fingerprint density at radius 3 is 2.58 bits per heavy atom. The minimum Gasteiger partial charge on any atom is -0.493 e. The lowest BCUT2D eigenvalue weighted by Crippen LogP contribution is -2.25. The van der Waals surface area contributed by atoms with Crippen molar-refractivity contribution in [2.75, 3.05) is 19.5 Å². The maximum atomic E-state index is 5.45. The van der Waals surface area contributed by atoms with Crippen molar-refractivity contribution in [2.24, 2.45) is 0 Å². The van der Waals surface area contributed by atoms with Gasteiger partial charge in [-0.2, -0.15) is 5.10 Å². The van der Waals surface area contributed by atoms with Gasteiger partial charge < -0.3 is 14.8 Å². The lowest BCUT2D eigenvalue weighted by atomic mass is 10.0. The van der Waals surface area contributed by atoms with E-state index in [1.807, 2.05) is 41.9 Å². The van der Waals surface area contributed by atoms with Crippen LogP contribution in [0.25, 0.3) is 11.3 Å². The maximum absolute atomic E-state index is 5.45. The number of fused-ring (bicyclic) bond motifs is 3. The normalized spacial score (nSPS) is 15.2. The van der Waals surface area contributed by atoms with Crippen LogP contribution in [0.4, 0.5) is 5.69 Å². The first-order valence-corrected chi connectivity index (χ1v) is 7.85. The van der Waals surface area contributed by atoms with Crippen molar-refractivity contribution in [1.29, 1.82) is 0 Å². The number of para-hydroxylation sites is 1. The molecule has 0 spiro atoms. The number of benzene rings is 2. The second-order valence-electron chi connectivity index (χ2n) is 5.82. The van der Waals surface area contributed by atoms with Gasteiger partial charge >= 0.3 is 0 Å². The average molecular weight is 321 g/mol. The van der Waals surface area contributed by atoms with Gasteiger partial charge in [0, 0.05) is 16.8 Å². The third kappa shape index (κ3) is 2.21. The van der Waals surface area contributed by atoms with Crippen LogP contribution in [-0.2, 0) is 0 Å². The van der Waals surface area contributed by atoms with Crippen molar-refractivity contribution in [2.45, 2.75) is 13.1 Å². The van der Waals surface area contributed by atoms with Gasteiger partial charge in [-0.25, -0.2) is 4.68 Å². The number of nitrogens with zero attached hydrogens (tertiary/aromatic N) is 2. The van der Waals surface area contributed by atoms with Crippen LogP contribution in [0.1, 0.15) is 17.4 Å². The molecule has 0 unspecified atom stereocenters. The molecule has 1 N–H and O–H groups in total. The molecule has 2 heterocycles. The fourth-order valence-corrected chi connectivity index (χ4v) is 3.20. The second-order valence-corrected chi connectivity index (χ2v) is 5.82. The molecule has 1 aliphatic rings. The number of hydrogen-bond acceptors (Lipinski definition) is 4. The Bertz CT molecular complexity index is 901. The molecule has 0 radical (unpaired) electrons. The van der Waals surface area contributed by atoms with E-state index < -0.39 is 0 Å². The molecule has 5 nitrogen and oxygen atoms in total. The van der Waals surface area contributed by atoms with Gasteiger partial charge in [-0.3, -0.25) is 0 Å². The van der Waals surface area contributed by atoms with E-state index in [1.165, 1.54) is 0 Å². The molecule has 0 saturated heterocycles. The van der Waals surface area contributed by atoms with Crippen LogP contribution in [0.2, 0.25) is 0 Å². The Balaban J connectivity index is 1.85. The van der Waals surface area contributed by atoms with E-state index >= 15 is 0 Å². The highest BCUT2D eigenvalue weighted by molar-refractivity contribution is 5.78. The summed E-state index contributed by atoms with van der Waals surface area (Å²) in [5.41, 5.74) is 5.43. The number of methoxy groups -OCH3 is 2. The highest BCUT2D eigenvalue weighted by Crippen LogP contribution is 2.40. The van der Waals surface area contributed by atoms with Gasteiger partial charge in [-0.05, 0) is 31.2 Å². The highest BCUT2D eigenvalue weighted by Gasteiger charge is 2.26. The maximum Gasteiger partial charge on any atom is 0.161 e. The van der Waals surface area contributed by atoms with E-state index in [0.717, 1.165) is 28.2 Å². The molecule has 1 aliphatic heterocycles. The van der Waals surface area contributed by atoms with Crippen molar-refractivity contribution in [3.8, 4) is 22.8 Å². The smallest absolute Gasteiger partial charge is 0.161 e. The zero-order valence-corrected chi connectivity index (χ0v) is 13.9. The van der Waals surface area contributed by atoms with E-state index in [9.17, 15) is 0 Å². The van der Waals surface area contributed by atoms with Crippen molar-refractivity contribution >= 4 is 5.69 Å². The minimum atomic E-state index is -0.0941. The number of aryl methyl sites for hydroxylation is 1. The predicted octanol–water partition coefficient (Wildman–Crippen LogP) is 3.85. The Morgan fingerprint density at radius 2 is 1.79 bits per heavy atom. The van der Waals surface area contributed by atoms with Gasteiger partial charge in [0.1, 0.15) is 6.17 Å². The molecule has 0 bridgehead atoms. The summed E-state index contributed by atoms with van der Waals surface area (Å²) in [6.07, 6.45) is -0.0941. The van der Waals surface area contributed by atoms with Crippen molar-refractivity contribution in [3.05, 3.63) is 59.8 Å². The standard InChI is InChI=1S/C19H19N3O2/c1-12-10-16-14-6-4-5-7-15(14)20-19(22(16)21-12)13-8-9-17(23-2)18(11-13)24-3/h4-11,19-20H,1-3H3/t19-/m1/s1.